The average Bonchev–Trinajstić information content (AvgIpc) is 2.68. The number of carbonyl (C=O) groups is 1. The molecule has 1 aliphatic heterocycles. The molecule has 0 aliphatic carbocycles. The van der Waals surface area contributed by atoms with E-state index in [1.165, 1.54) is 0 Å². The maximum atomic E-state index is 12.9. The van der Waals surface area contributed by atoms with Gasteiger partial charge in [-0.2, -0.15) is 0 Å². The molecule has 1 heterocycles. The van der Waals surface area contributed by atoms with Crippen LogP contribution in [0.3, 0.4) is 0 Å². The number of piperidine rings is 1. The molecule has 1 aromatic rings. The summed E-state index contributed by atoms with van der Waals surface area (Å²) in [6, 6.07) is 8.70. The third-order valence-electron chi connectivity index (χ3n) is 5.17. The summed E-state index contributed by atoms with van der Waals surface area (Å²) >= 11 is 0. The van der Waals surface area contributed by atoms with E-state index in [0.29, 0.717) is 31.7 Å². The van der Waals surface area contributed by atoms with Gasteiger partial charge in [-0.1, -0.05) is 18.2 Å². The fraction of sp³-hybridized carbons (Fsp3) is 0.571. The normalized spacial score (nSPS) is 18.0. The zero-order valence-electron chi connectivity index (χ0n) is 17.3. The lowest BCUT2D eigenvalue weighted by Crippen LogP contribution is -2.59. The molecule has 0 aromatic heterocycles. The predicted octanol–water partition coefficient (Wildman–Crippen LogP) is 1.72. The lowest BCUT2D eigenvalue weighted by molar-refractivity contribution is -0.769. The van der Waals surface area contributed by atoms with Gasteiger partial charge < -0.3 is 19.6 Å². The van der Waals surface area contributed by atoms with E-state index >= 15 is 0 Å². The van der Waals surface area contributed by atoms with Crippen molar-refractivity contribution in [2.45, 2.75) is 57.5 Å². The van der Waals surface area contributed by atoms with Crippen molar-refractivity contribution in [1.29, 1.82) is 0 Å². The van der Waals surface area contributed by atoms with Gasteiger partial charge in [0.2, 0.25) is 5.91 Å². The maximum Gasteiger partial charge on any atom is 0.294 e. The van der Waals surface area contributed by atoms with Gasteiger partial charge in [-0.3, -0.25) is 10.5 Å². The number of rotatable bonds is 9. The maximum absolute atomic E-state index is 12.9. The van der Waals surface area contributed by atoms with Gasteiger partial charge in [0.15, 0.2) is 5.72 Å². The zero-order chi connectivity index (χ0) is 22.4. The molecule has 9 nitrogen and oxygen atoms in total. The van der Waals surface area contributed by atoms with Gasteiger partial charge in [0.05, 0.1) is 6.42 Å². The van der Waals surface area contributed by atoms with Crippen LogP contribution >= 0.6 is 0 Å². The number of likely N-dealkylation sites (tertiary alicyclic amines) is 1. The highest BCUT2D eigenvalue weighted by Crippen LogP contribution is 2.30. The second kappa shape index (κ2) is 9.78. The second-order valence-corrected chi connectivity index (χ2v) is 8.20. The summed E-state index contributed by atoms with van der Waals surface area (Å²) in [4.78, 5) is 29.5. The number of ether oxygens (including phenoxy) is 1. The second-order valence-electron chi connectivity index (χ2n) is 8.20. The molecule has 0 spiro atoms. The van der Waals surface area contributed by atoms with Crippen molar-refractivity contribution >= 4 is 5.91 Å². The number of para-hydroxylation sites is 1. The smallest absolute Gasteiger partial charge is 0.294 e. The molecule has 0 saturated carbocycles. The van der Waals surface area contributed by atoms with Crippen LogP contribution < -0.4 is 10.5 Å². The first kappa shape index (κ1) is 23.4. The minimum absolute atomic E-state index is 0.138. The largest absolute Gasteiger partial charge is 0.470 e. The standard InChI is InChI=1S/C21H29N3O6/c1-4-20(2,3)14-18(25)21(22,29-16-8-6-5-7-9-16)15-19(26)23-12-10-17(11-13-23)30-24(27)28/h1,5-9,17-18,25H,10-15,22H2,2-3H3. The van der Waals surface area contributed by atoms with Crippen LogP contribution in [0.15, 0.2) is 30.3 Å². The summed E-state index contributed by atoms with van der Waals surface area (Å²) in [5, 5.41) is 20.5. The number of amides is 1. The lowest BCUT2D eigenvalue weighted by atomic mass is 9.83. The molecule has 2 rings (SSSR count). The van der Waals surface area contributed by atoms with Crippen molar-refractivity contribution in [3.63, 3.8) is 0 Å². The summed E-state index contributed by atoms with van der Waals surface area (Å²) < 4.78 is 5.89. The number of nitrogens with two attached hydrogens (primary N) is 1. The Morgan fingerprint density at radius 2 is 2.00 bits per heavy atom. The van der Waals surface area contributed by atoms with E-state index in [0.717, 1.165) is 0 Å². The summed E-state index contributed by atoms with van der Waals surface area (Å²) in [5.41, 5.74) is 4.09. The number of benzene rings is 1. The highest BCUT2D eigenvalue weighted by Gasteiger charge is 2.42. The van der Waals surface area contributed by atoms with Crippen LogP contribution in [0.2, 0.25) is 0 Å². The molecule has 9 heteroatoms. The van der Waals surface area contributed by atoms with Crippen LogP contribution in [0.25, 0.3) is 0 Å². The molecular weight excluding hydrogens is 390 g/mol. The molecule has 1 aliphatic rings. The molecule has 1 fully saturated rings. The number of hydrogen-bond donors (Lipinski definition) is 2. The Kier molecular flexibility index (Phi) is 7.65. The molecule has 30 heavy (non-hydrogen) atoms. The van der Waals surface area contributed by atoms with Crippen molar-refractivity contribution in [2.24, 2.45) is 11.1 Å². The van der Waals surface area contributed by atoms with Crippen molar-refractivity contribution in [3.05, 3.63) is 40.4 Å². The van der Waals surface area contributed by atoms with Crippen LogP contribution in [-0.2, 0) is 9.63 Å². The van der Waals surface area contributed by atoms with E-state index in [9.17, 15) is 20.0 Å². The van der Waals surface area contributed by atoms with Gasteiger partial charge in [-0.05, 0) is 45.2 Å². The van der Waals surface area contributed by atoms with Gasteiger partial charge in [0.1, 0.15) is 18.0 Å². The molecular formula is C21H29N3O6. The van der Waals surface area contributed by atoms with Crippen LogP contribution in [0.1, 0.15) is 39.5 Å². The van der Waals surface area contributed by atoms with E-state index in [4.69, 9.17) is 16.9 Å². The van der Waals surface area contributed by atoms with Gasteiger partial charge in [-0.25, -0.2) is 0 Å². The van der Waals surface area contributed by atoms with Crippen molar-refractivity contribution < 1.29 is 24.6 Å². The van der Waals surface area contributed by atoms with E-state index in [1.54, 1.807) is 43.0 Å². The quantitative estimate of drug-likeness (QED) is 0.270. The highest BCUT2D eigenvalue weighted by molar-refractivity contribution is 5.77. The Morgan fingerprint density at radius 1 is 1.40 bits per heavy atom. The van der Waals surface area contributed by atoms with Crippen LogP contribution in [0.4, 0.5) is 0 Å². The average molecular weight is 419 g/mol. The molecule has 1 amide bonds. The van der Waals surface area contributed by atoms with Gasteiger partial charge in [-0.15, -0.1) is 22.5 Å². The number of terminal acetylenes is 1. The Bertz CT molecular complexity index is 771. The number of nitrogens with zero attached hydrogens (tertiary/aromatic N) is 2. The molecule has 1 aromatic carbocycles. The third-order valence-corrected chi connectivity index (χ3v) is 5.17. The Hall–Kier alpha value is -2.83. The minimum Gasteiger partial charge on any atom is -0.470 e. The number of hydrogen-bond acceptors (Lipinski definition) is 7. The number of carbonyl (C=O) groups excluding carboxylic acids is 1. The third kappa shape index (κ3) is 6.61. The Labute approximate surface area is 176 Å². The fourth-order valence-electron chi connectivity index (χ4n) is 3.33. The SMILES string of the molecule is C#CC(C)(C)CC(O)C(N)(CC(=O)N1CCC(O[N+](=O)[O-])CC1)Oc1ccccc1. The molecule has 3 N–H and O–H groups in total. The first-order chi connectivity index (χ1) is 14.0. The van der Waals surface area contributed by atoms with E-state index < -0.39 is 28.4 Å². The lowest BCUT2D eigenvalue weighted by Gasteiger charge is -2.39. The first-order valence-electron chi connectivity index (χ1n) is 9.82. The molecule has 164 valence electrons. The molecule has 2 unspecified atom stereocenters. The van der Waals surface area contributed by atoms with Gasteiger partial charge >= 0.3 is 0 Å². The summed E-state index contributed by atoms with van der Waals surface area (Å²) in [5.74, 6) is 2.72. The first-order valence-corrected chi connectivity index (χ1v) is 9.82. The van der Waals surface area contributed by atoms with Crippen molar-refractivity contribution in [3.8, 4) is 18.1 Å². The number of aliphatic hydroxyl groups is 1. The molecule has 1 saturated heterocycles. The monoisotopic (exact) mass is 419 g/mol. The summed E-state index contributed by atoms with van der Waals surface area (Å²) in [6.07, 6.45) is 4.35. The van der Waals surface area contributed by atoms with Crippen molar-refractivity contribution in [2.75, 3.05) is 13.1 Å². The van der Waals surface area contributed by atoms with Crippen LogP contribution in [-0.4, -0.2) is 52.0 Å². The zero-order valence-corrected chi connectivity index (χ0v) is 17.3. The van der Waals surface area contributed by atoms with E-state index in [1.807, 2.05) is 6.07 Å². The Morgan fingerprint density at radius 3 is 2.53 bits per heavy atom. The van der Waals surface area contributed by atoms with Gasteiger partial charge in [0, 0.05) is 18.5 Å². The van der Waals surface area contributed by atoms with Gasteiger partial charge in [0.25, 0.3) is 5.09 Å². The minimum atomic E-state index is -1.69. The van der Waals surface area contributed by atoms with Crippen LogP contribution in [0.5, 0.6) is 5.75 Å². The predicted molar refractivity (Wildman–Crippen MR) is 110 cm³/mol. The Balaban J connectivity index is 2.11. The summed E-state index contributed by atoms with van der Waals surface area (Å²) in [6.45, 7) is 4.18. The molecule has 0 bridgehead atoms. The fourth-order valence-corrected chi connectivity index (χ4v) is 3.33. The topological polar surface area (TPSA) is 128 Å². The molecule has 2 atom stereocenters. The van der Waals surface area contributed by atoms with E-state index in [-0.39, 0.29) is 18.7 Å². The molecule has 0 radical (unpaired) electrons. The highest BCUT2D eigenvalue weighted by atomic mass is 17.0. The summed E-state index contributed by atoms with van der Waals surface area (Å²) in [7, 11) is 0. The van der Waals surface area contributed by atoms with Crippen LogP contribution in [0, 0.1) is 27.9 Å². The van der Waals surface area contributed by atoms with E-state index in [2.05, 4.69) is 10.8 Å². The number of aliphatic hydroxyl groups excluding tert-OH is 1. The van der Waals surface area contributed by atoms with Crippen molar-refractivity contribution in [1.82, 2.24) is 4.90 Å².